The first-order valence-electron chi connectivity index (χ1n) is 10.5. The molecule has 4 nitrogen and oxygen atoms in total. The zero-order valence-electron chi connectivity index (χ0n) is 16.3. The Labute approximate surface area is 158 Å². The van der Waals surface area contributed by atoms with E-state index in [0.29, 0.717) is 0 Å². The Morgan fingerprint density at radius 3 is 3.00 bits per heavy atom. The molecule has 3 rings (SSSR count). The number of ether oxygens (including phenoxy) is 1. The molecule has 1 amide bonds. The van der Waals surface area contributed by atoms with Crippen molar-refractivity contribution >= 4 is 5.91 Å². The van der Waals surface area contributed by atoms with Crippen LogP contribution in [0.4, 0.5) is 0 Å². The lowest BCUT2D eigenvalue weighted by molar-refractivity contribution is -0.123. The van der Waals surface area contributed by atoms with Gasteiger partial charge in [-0.2, -0.15) is 0 Å². The lowest BCUT2D eigenvalue weighted by Gasteiger charge is -2.35. The van der Waals surface area contributed by atoms with Crippen molar-refractivity contribution in [1.29, 1.82) is 0 Å². The molecule has 1 aliphatic carbocycles. The van der Waals surface area contributed by atoms with Gasteiger partial charge in [-0.3, -0.25) is 4.79 Å². The molecule has 0 bridgehead atoms. The van der Waals surface area contributed by atoms with Gasteiger partial charge in [0.2, 0.25) is 0 Å². The van der Waals surface area contributed by atoms with Crippen molar-refractivity contribution < 1.29 is 9.53 Å². The third-order valence-corrected chi connectivity index (χ3v) is 5.88. The van der Waals surface area contributed by atoms with Gasteiger partial charge in [0.25, 0.3) is 5.91 Å². The fourth-order valence-corrected chi connectivity index (χ4v) is 4.40. The van der Waals surface area contributed by atoms with Crippen molar-refractivity contribution in [3.8, 4) is 5.75 Å². The number of carbonyl (C=O) groups is 1. The molecule has 1 atom stereocenters. The highest BCUT2D eigenvalue weighted by molar-refractivity contribution is 5.77. The van der Waals surface area contributed by atoms with Crippen LogP contribution in [0.1, 0.15) is 63.0 Å². The van der Waals surface area contributed by atoms with Gasteiger partial charge in [0.15, 0.2) is 6.61 Å². The summed E-state index contributed by atoms with van der Waals surface area (Å²) in [6.45, 7) is 5.45. The van der Waals surface area contributed by atoms with E-state index in [0.717, 1.165) is 44.1 Å². The number of amides is 1. The zero-order chi connectivity index (χ0) is 18.2. The molecule has 0 saturated carbocycles. The number of nitrogens with one attached hydrogen (secondary N) is 1. The second-order valence-electron chi connectivity index (χ2n) is 7.69. The van der Waals surface area contributed by atoms with E-state index >= 15 is 0 Å². The van der Waals surface area contributed by atoms with Crippen LogP contribution in [0.15, 0.2) is 18.2 Å². The normalized spacial score (nSPS) is 20.4. The topological polar surface area (TPSA) is 41.6 Å². The molecular weight excluding hydrogens is 324 g/mol. The molecule has 26 heavy (non-hydrogen) atoms. The zero-order valence-corrected chi connectivity index (χ0v) is 16.3. The largest absolute Gasteiger partial charge is 0.483 e. The SMILES string of the molecule is CC[C@H]1CCCCN1CCCNC(=O)COc1cccc2c1CCCC2. The van der Waals surface area contributed by atoms with Crippen LogP contribution in [0.5, 0.6) is 5.75 Å². The molecule has 2 aliphatic rings. The summed E-state index contributed by atoms with van der Waals surface area (Å²) in [5.41, 5.74) is 2.70. The van der Waals surface area contributed by atoms with Crippen molar-refractivity contribution in [3.05, 3.63) is 29.3 Å². The van der Waals surface area contributed by atoms with Gasteiger partial charge >= 0.3 is 0 Å². The van der Waals surface area contributed by atoms with Gasteiger partial charge in [0.1, 0.15) is 5.75 Å². The summed E-state index contributed by atoms with van der Waals surface area (Å²) >= 11 is 0. The average Bonchev–Trinajstić information content (AvgIpc) is 2.70. The predicted octanol–water partition coefficient (Wildman–Crippen LogP) is 3.72. The first kappa shape index (κ1) is 19.2. The Bertz CT molecular complexity index is 588. The van der Waals surface area contributed by atoms with E-state index in [1.807, 2.05) is 12.1 Å². The van der Waals surface area contributed by atoms with Gasteiger partial charge in [-0.25, -0.2) is 0 Å². The minimum absolute atomic E-state index is 0.0101. The molecule has 144 valence electrons. The van der Waals surface area contributed by atoms with Crippen molar-refractivity contribution in [3.63, 3.8) is 0 Å². The number of carbonyl (C=O) groups excluding carboxylic acids is 1. The van der Waals surface area contributed by atoms with Crippen LogP contribution >= 0.6 is 0 Å². The molecule has 1 aromatic rings. The third kappa shape index (κ3) is 5.23. The number of hydrogen-bond donors (Lipinski definition) is 1. The fourth-order valence-electron chi connectivity index (χ4n) is 4.40. The average molecular weight is 359 g/mol. The van der Waals surface area contributed by atoms with Crippen LogP contribution in [0.25, 0.3) is 0 Å². The Kier molecular flexibility index (Phi) is 7.36. The predicted molar refractivity (Wildman–Crippen MR) is 106 cm³/mol. The molecule has 1 saturated heterocycles. The molecule has 1 aliphatic heterocycles. The number of hydrogen-bond acceptors (Lipinski definition) is 3. The Hall–Kier alpha value is -1.55. The van der Waals surface area contributed by atoms with Crippen molar-refractivity contribution in [2.75, 3.05) is 26.2 Å². The highest BCUT2D eigenvalue weighted by atomic mass is 16.5. The first-order chi connectivity index (χ1) is 12.8. The first-order valence-corrected chi connectivity index (χ1v) is 10.5. The molecule has 1 N–H and O–H groups in total. The van der Waals surface area contributed by atoms with Crippen molar-refractivity contribution in [2.45, 2.75) is 70.8 Å². The number of rotatable bonds is 8. The van der Waals surface area contributed by atoms with E-state index in [4.69, 9.17) is 4.74 Å². The lowest BCUT2D eigenvalue weighted by atomic mass is 9.91. The van der Waals surface area contributed by atoms with E-state index in [1.165, 1.54) is 56.2 Å². The fraction of sp³-hybridized carbons (Fsp3) is 0.682. The van der Waals surface area contributed by atoms with E-state index in [2.05, 4.69) is 23.2 Å². The highest BCUT2D eigenvalue weighted by Crippen LogP contribution is 2.29. The number of likely N-dealkylation sites (tertiary alicyclic amines) is 1. The van der Waals surface area contributed by atoms with E-state index < -0.39 is 0 Å². The molecule has 1 aromatic carbocycles. The van der Waals surface area contributed by atoms with E-state index in [1.54, 1.807) is 0 Å². The summed E-state index contributed by atoms with van der Waals surface area (Å²) in [5.74, 6) is 0.889. The van der Waals surface area contributed by atoms with Crippen LogP contribution in [0.3, 0.4) is 0 Å². The van der Waals surface area contributed by atoms with E-state index in [9.17, 15) is 4.79 Å². The Morgan fingerprint density at radius 2 is 2.12 bits per heavy atom. The van der Waals surface area contributed by atoms with Gasteiger partial charge in [-0.05, 0) is 75.1 Å². The number of piperidine rings is 1. The Balaban J connectivity index is 1.36. The second-order valence-corrected chi connectivity index (χ2v) is 7.69. The van der Waals surface area contributed by atoms with Crippen LogP contribution in [0.2, 0.25) is 0 Å². The van der Waals surface area contributed by atoms with Crippen LogP contribution in [-0.4, -0.2) is 43.1 Å². The highest BCUT2D eigenvalue weighted by Gasteiger charge is 2.20. The molecule has 0 unspecified atom stereocenters. The molecule has 4 heteroatoms. The third-order valence-electron chi connectivity index (χ3n) is 5.88. The van der Waals surface area contributed by atoms with Crippen LogP contribution in [-0.2, 0) is 17.6 Å². The number of nitrogens with zero attached hydrogens (tertiary/aromatic N) is 1. The number of benzene rings is 1. The standard InChI is InChI=1S/C22H34N2O2/c1-2-19-11-5-6-15-24(19)16-8-14-23-22(25)17-26-21-13-7-10-18-9-3-4-12-20(18)21/h7,10,13,19H,2-6,8-9,11-12,14-17H2,1H3,(H,23,25)/t19-/m0/s1. The van der Waals surface area contributed by atoms with Crippen molar-refractivity contribution in [1.82, 2.24) is 10.2 Å². The smallest absolute Gasteiger partial charge is 0.257 e. The van der Waals surface area contributed by atoms with Gasteiger partial charge in [-0.15, -0.1) is 0 Å². The monoisotopic (exact) mass is 358 g/mol. The van der Waals surface area contributed by atoms with Crippen molar-refractivity contribution in [2.24, 2.45) is 0 Å². The van der Waals surface area contributed by atoms with Gasteiger partial charge in [-0.1, -0.05) is 25.5 Å². The maximum Gasteiger partial charge on any atom is 0.257 e. The molecular formula is C22H34N2O2. The number of aryl methyl sites for hydroxylation is 1. The molecule has 0 radical (unpaired) electrons. The molecule has 0 spiro atoms. The van der Waals surface area contributed by atoms with Crippen LogP contribution in [0, 0.1) is 0 Å². The van der Waals surface area contributed by atoms with E-state index in [-0.39, 0.29) is 12.5 Å². The quantitative estimate of drug-likeness (QED) is 0.720. The maximum absolute atomic E-state index is 12.1. The minimum atomic E-state index is -0.0101. The number of fused-ring (bicyclic) bond motifs is 1. The maximum atomic E-state index is 12.1. The molecule has 1 fully saturated rings. The molecule has 1 heterocycles. The summed E-state index contributed by atoms with van der Waals surface area (Å²) in [7, 11) is 0. The second kappa shape index (κ2) is 9.96. The van der Waals surface area contributed by atoms with Crippen LogP contribution < -0.4 is 10.1 Å². The summed E-state index contributed by atoms with van der Waals surface area (Å²) in [6.07, 6.45) is 10.9. The summed E-state index contributed by atoms with van der Waals surface area (Å²) in [6, 6.07) is 6.97. The summed E-state index contributed by atoms with van der Waals surface area (Å²) in [5, 5.41) is 3.01. The lowest BCUT2D eigenvalue weighted by Crippen LogP contribution is -2.41. The summed E-state index contributed by atoms with van der Waals surface area (Å²) in [4.78, 5) is 14.7. The van der Waals surface area contributed by atoms with Gasteiger partial charge in [0.05, 0.1) is 0 Å². The summed E-state index contributed by atoms with van der Waals surface area (Å²) < 4.78 is 5.83. The van der Waals surface area contributed by atoms with Gasteiger partial charge < -0.3 is 15.0 Å². The van der Waals surface area contributed by atoms with Gasteiger partial charge in [0, 0.05) is 19.1 Å². The minimum Gasteiger partial charge on any atom is -0.483 e. The molecule has 0 aromatic heterocycles. The Morgan fingerprint density at radius 1 is 1.23 bits per heavy atom.